The van der Waals surface area contributed by atoms with Gasteiger partial charge < -0.3 is 5.32 Å². The van der Waals surface area contributed by atoms with Crippen molar-refractivity contribution in [3.05, 3.63) is 76.8 Å². The highest BCUT2D eigenvalue weighted by atomic mass is 79.9. The fraction of sp³-hybridized carbons (Fsp3) is 0.0625. The van der Waals surface area contributed by atoms with E-state index in [1.165, 1.54) is 6.33 Å². The number of carbonyl (C=O) groups excluding carboxylic acids is 1. The Hall–Kier alpha value is -2.47. The van der Waals surface area contributed by atoms with Crippen LogP contribution in [0.1, 0.15) is 15.9 Å². The van der Waals surface area contributed by atoms with E-state index in [1.54, 1.807) is 23.1 Å². The minimum Gasteiger partial charge on any atom is -0.322 e. The van der Waals surface area contributed by atoms with Gasteiger partial charge in [0.1, 0.15) is 12.7 Å². The van der Waals surface area contributed by atoms with Crippen LogP contribution in [0, 0.1) is 0 Å². The molecule has 0 fully saturated rings. The highest BCUT2D eigenvalue weighted by Gasteiger charge is 2.05. The lowest BCUT2D eigenvalue weighted by atomic mass is 10.2. The summed E-state index contributed by atoms with van der Waals surface area (Å²) in [6.07, 6.45) is 3.18. The number of hydrogen-bond donors (Lipinski definition) is 1. The van der Waals surface area contributed by atoms with Crippen LogP contribution >= 0.6 is 15.9 Å². The third kappa shape index (κ3) is 3.59. The molecular formula is C16H13BrN4O. The highest BCUT2D eigenvalue weighted by molar-refractivity contribution is 9.10. The fourth-order valence-corrected chi connectivity index (χ4v) is 2.26. The number of hydrogen-bond acceptors (Lipinski definition) is 3. The summed E-state index contributed by atoms with van der Waals surface area (Å²) >= 11 is 3.35. The van der Waals surface area contributed by atoms with E-state index in [1.807, 2.05) is 36.4 Å². The van der Waals surface area contributed by atoms with Gasteiger partial charge in [0.2, 0.25) is 0 Å². The third-order valence-corrected chi connectivity index (χ3v) is 3.66. The molecule has 0 aliphatic heterocycles. The van der Waals surface area contributed by atoms with Gasteiger partial charge in [-0.25, -0.2) is 9.67 Å². The fourth-order valence-electron chi connectivity index (χ4n) is 2.00. The van der Waals surface area contributed by atoms with Crippen LogP contribution in [0.2, 0.25) is 0 Å². The molecule has 0 atom stereocenters. The van der Waals surface area contributed by atoms with E-state index >= 15 is 0 Å². The van der Waals surface area contributed by atoms with Crippen molar-refractivity contribution in [2.75, 3.05) is 5.32 Å². The van der Waals surface area contributed by atoms with Crippen molar-refractivity contribution in [2.45, 2.75) is 6.54 Å². The molecule has 110 valence electrons. The summed E-state index contributed by atoms with van der Waals surface area (Å²) in [5.74, 6) is -0.128. The van der Waals surface area contributed by atoms with Crippen LogP contribution in [0.4, 0.5) is 5.69 Å². The molecule has 5 nitrogen and oxygen atoms in total. The second kappa shape index (κ2) is 6.53. The molecule has 0 bridgehead atoms. The summed E-state index contributed by atoms with van der Waals surface area (Å²) in [6, 6.07) is 14.9. The minimum atomic E-state index is -0.128. The molecule has 0 radical (unpaired) electrons. The minimum absolute atomic E-state index is 0.128. The largest absolute Gasteiger partial charge is 0.322 e. The Balaban J connectivity index is 1.65. The Bertz CT molecular complexity index is 752. The summed E-state index contributed by atoms with van der Waals surface area (Å²) in [6.45, 7) is 0.654. The lowest BCUT2D eigenvalue weighted by Crippen LogP contribution is -2.11. The molecule has 3 aromatic rings. The average molecular weight is 357 g/mol. The van der Waals surface area contributed by atoms with Crippen LogP contribution < -0.4 is 5.32 Å². The summed E-state index contributed by atoms with van der Waals surface area (Å²) in [4.78, 5) is 16.0. The molecule has 0 spiro atoms. The molecule has 1 amide bonds. The number of amides is 1. The van der Waals surface area contributed by atoms with E-state index in [0.29, 0.717) is 12.1 Å². The lowest BCUT2D eigenvalue weighted by molar-refractivity contribution is 0.102. The van der Waals surface area contributed by atoms with Crippen LogP contribution in [-0.2, 0) is 6.54 Å². The zero-order valence-electron chi connectivity index (χ0n) is 11.6. The van der Waals surface area contributed by atoms with Gasteiger partial charge in [-0.3, -0.25) is 4.79 Å². The monoisotopic (exact) mass is 356 g/mol. The number of aromatic nitrogens is 3. The molecular weight excluding hydrogens is 344 g/mol. The van der Waals surface area contributed by atoms with Gasteiger partial charge in [0.15, 0.2) is 0 Å². The van der Waals surface area contributed by atoms with Crippen molar-refractivity contribution in [1.82, 2.24) is 14.8 Å². The molecule has 3 rings (SSSR count). The number of anilines is 1. The van der Waals surface area contributed by atoms with Crippen LogP contribution in [0.15, 0.2) is 65.7 Å². The lowest BCUT2D eigenvalue weighted by Gasteiger charge is -2.07. The Morgan fingerprint density at radius 2 is 1.82 bits per heavy atom. The van der Waals surface area contributed by atoms with Crippen LogP contribution in [0.3, 0.4) is 0 Å². The van der Waals surface area contributed by atoms with Gasteiger partial charge in [0.25, 0.3) is 5.91 Å². The van der Waals surface area contributed by atoms with Crippen molar-refractivity contribution < 1.29 is 4.79 Å². The molecule has 0 saturated heterocycles. The maximum Gasteiger partial charge on any atom is 0.255 e. The van der Waals surface area contributed by atoms with E-state index in [9.17, 15) is 4.79 Å². The van der Waals surface area contributed by atoms with Crippen LogP contribution in [0.25, 0.3) is 0 Å². The van der Waals surface area contributed by atoms with Crippen molar-refractivity contribution >= 4 is 27.5 Å². The van der Waals surface area contributed by atoms with Crippen LogP contribution in [-0.4, -0.2) is 20.7 Å². The number of nitrogens with one attached hydrogen (secondary N) is 1. The normalized spacial score (nSPS) is 10.4. The molecule has 0 aliphatic rings. The van der Waals surface area contributed by atoms with Gasteiger partial charge in [-0.1, -0.05) is 28.1 Å². The van der Waals surface area contributed by atoms with Gasteiger partial charge in [-0.05, 0) is 42.0 Å². The predicted molar refractivity (Wildman–Crippen MR) is 87.7 cm³/mol. The molecule has 1 N–H and O–H groups in total. The zero-order valence-corrected chi connectivity index (χ0v) is 13.2. The summed E-state index contributed by atoms with van der Waals surface area (Å²) in [7, 11) is 0. The second-order valence-corrected chi connectivity index (χ2v) is 5.67. The third-order valence-electron chi connectivity index (χ3n) is 3.13. The van der Waals surface area contributed by atoms with E-state index in [2.05, 4.69) is 31.3 Å². The number of halogens is 1. The molecule has 0 saturated carbocycles. The maximum absolute atomic E-state index is 12.1. The SMILES string of the molecule is O=C(Nc1ccc(Cn2cncn2)cc1)c1ccc(Br)cc1. The Labute approximate surface area is 136 Å². The van der Waals surface area contributed by atoms with Gasteiger partial charge in [-0.15, -0.1) is 0 Å². The van der Waals surface area contributed by atoms with Crippen LogP contribution in [0.5, 0.6) is 0 Å². The van der Waals surface area contributed by atoms with Gasteiger partial charge >= 0.3 is 0 Å². The zero-order chi connectivity index (χ0) is 15.4. The molecule has 22 heavy (non-hydrogen) atoms. The molecule has 2 aromatic carbocycles. The molecule has 6 heteroatoms. The topological polar surface area (TPSA) is 59.8 Å². The number of rotatable bonds is 4. The molecule has 1 aromatic heterocycles. The number of benzene rings is 2. The maximum atomic E-state index is 12.1. The van der Waals surface area contributed by atoms with Gasteiger partial charge in [0, 0.05) is 15.7 Å². The quantitative estimate of drug-likeness (QED) is 0.779. The average Bonchev–Trinajstić information content (AvgIpc) is 3.03. The Morgan fingerprint density at radius 1 is 1.09 bits per heavy atom. The Kier molecular flexibility index (Phi) is 4.29. The smallest absolute Gasteiger partial charge is 0.255 e. The second-order valence-electron chi connectivity index (χ2n) is 4.75. The van der Waals surface area contributed by atoms with Gasteiger partial charge in [-0.2, -0.15) is 5.10 Å². The molecule has 0 aliphatic carbocycles. The van der Waals surface area contributed by atoms with Crippen molar-refractivity contribution in [3.63, 3.8) is 0 Å². The summed E-state index contributed by atoms with van der Waals surface area (Å²) in [5.41, 5.74) is 2.47. The molecule has 0 unspecified atom stereocenters. The van der Waals surface area contributed by atoms with E-state index < -0.39 is 0 Å². The van der Waals surface area contributed by atoms with Crippen molar-refractivity contribution in [3.8, 4) is 0 Å². The predicted octanol–water partition coefficient (Wildman–Crippen LogP) is 3.34. The first-order valence-corrected chi connectivity index (χ1v) is 7.48. The first-order valence-electron chi connectivity index (χ1n) is 6.69. The number of carbonyl (C=O) groups is 1. The van der Waals surface area contributed by atoms with E-state index in [-0.39, 0.29) is 5.91 Å². The number of nitrogens with zero attached hydrogens (tertiary/aromatic N) is 3. The highest BCUT2D eigenvalue weighted by Crippen LogP contribution is 2.14. The van der Waals surface area contributed by atoms with Gasteiger partial charge in [0.05, 0.1) is 6.54 Å². The van der Waals surface area contributed by atoms with Crippen molar-refractivity contribution in [1.29, 1.82) is 0 Å². The first-order chi connectivity index (χ1) is 10.7. The van der Waals surface area contributed by atoms with E-state index in [4.69, 9.17) is 0 Å². The molecule has 1 heterocycles. The first kappa shape index (κ1) is 14.5. The van der Waals surface area contributed by atoms with Crippen molar-refractivity contribution in [2.24, 2.45) is 0 Å². The summed E-state index contributed by atoms with van der Waals surface area (Å²) < 4.78 is 2.69. The summed E-state index contributed by atoms with van der Waals surface area (Å²) in [5, 5.41) is 6.94. The standard InChI is InChI=1S/C16H13BrN4O/c17-14-5-3-13(4-6-14)16(22)20-15-7-1-12(2-8-15)9-21-11-18-10-19-21/h1-8,10-11H,9H2,(H,20,22). The Morgan fingerprint density at radius 3 is 2.45 bits per heavy atom. The van der Waals surface area contributed by atoms with E-state index in [0.717, 1.165) is 15.7 Å².